The second-order valence-electron chi connectivity index (χ2n) is 33.3. The van der Waals surface area contributed by atoms with Crippen molar-refractivity contribution < 1.29 is 37.9 Å². The molecule has 642 valence electrons. The Hall–Kier alpha value is -4.86. The van der Waals surface area contributed by atoms with Gasteiger partial charge in [0.1, 0.15) is 0 Å². The molecule has 10 nitrogen and oxygen atoms in total. The molecule has 0 aliphatic heterocycles. The van der Waals surface area contributed by atoms with Crippen LogP contribution in [0.25, 0.3) is 33.9 Å². The summed E-state index contributed by atoms with van der Waals surface area (Å²) in [4.78, 5) is 11.4. The number of unbranched alkanes of at least 4 members (excludes halogenated alkanes) is 56. The molecule has 0 N–H and O–H groups in total. The lowest BCUT2D eigenvalue weighted by Crippen LogP contribution is -2.08. The van der Waals surface area contributed by atoms with Crippen molar-refractivity contribution in [3.8, 4) is 79.9 Å². The fourth-order valence-electron chi connectivity index (χ4n) is 15.2. The molecule has 0 bridgehead atoms. The van der Waals surface area contributed by atoms with E-state index >= 15 is 0 Å². The molecule has 0 amide bonds. The van der Waals surface area contributed by atoms with Crippen LogP contribution in [0, 0.1) is 0 Å². The molecule has 0 fully saturated rings. The van der Waals surface area contributed by atoms with Crippen LogP contribution in [0.5, 0.6) is 46.0 Å². The van der Waals surface area contributed by atoms with Crippen LogP contribution in [0.3, 0.4) is 0 Å². The van der Waals surface area contributed by atoms with Gasteiger partial charge in [0.05, 0.1) is 64.2 Å². The summed E-state index contributed by atoms with van der Waals surface area (Å²) in [5, 5.41) is 0. The first kappa shape index (κ1) is 99.5. The Balaban J connectivity index is 2.01. The van der Waals surface area contributed by atoms with Crippen molar-refractivity contribution in [2.45, 2.75) is 466 Å². The molecular weight excluding hydrogens is 1380 g/mol. The molecule has 112 heavy (non-hydrogen) atoms. The van der Waals surface area contributed by atoms with Crippen LogP contribution in [-0.4, -0.2) is 62.8 Å². The lowest BCUT2D eigenvalue weighted by atomic mass is 10.0. The maximum absolute atomic E-state index is 7.09. The number of aromatic nitrogens is 2. The zero-order valence-electron chi connectivity index (χ0n) is 74.7. The van der Waals surface area contributed by atoms with Crippen LogP contribution in [-0.2, 0) is 0 Å². The maximum Gasteiger partial charge on any atom is 0.203 e. The molecule has 0 saturated carbocycles. The van der Waals surface area contributed by atoms with Gasteiger partial charge < -0.3 is 37.9 Å². The van der Waals surface area contributed by atoms with E-state index in [1.165, 1.54) is 315 Å². The van der Waals surface area contributed by atoms with Gasteiger partial charge in [-0.1, -0.05) is 415 Å². The largest absolute Gasteiger partial charge is 0.490 e. The van der Waals surface area contributed by atoms with Crippen LogP contribution in [0.15, 0.2) is 48.5 Å². The lowest BCUT2D eigenvalue weighted by molar-refractivity contribution is 0.234. The van der Waals surface area contributed by atoms with Gasteiger partial charge >= 0.3 is 0 Å². The normalized spacial score (nSPS) is 11.5. The monoisotopic (exact) mass is 1560 g/mol. The van der Waals surface area contributed by atoms with Crippen LogP contribution in [0.4, 0.5) is 0 Å². The van der Waals surface area contributed by atoms with Crippen molar-refractivity contribution in [1.82, 2.24) is 9.97 Å². The Labute approximate surface area is 691 Å². The third kappa shape index (κ3) is 49.3. The first-order valence-electron chi connectivity index (χ1n) is 48.9. The Kier molecular flexibility index (Phi) is 64.5. The van der Waals surface area contributed by atoms with Gasteiger partial charge in [-0.2, -0.15) is 0 Å². The molecule has 0 unspecified atom stereocenters. The fraction of sp³-hybridized carbons (Fsp3) is 0.784. The summed E-state index contributed by atoms with van der Waals surface area (Å²) in [6.45, 7) is 23.2. The van der Waals surface area contributed by atoms with Crippen molar-refractivity contribution in [1.29, 1.82) is 0 Å². The van der Waals surface area contributed by atoms with Gasteiger partial charge in [-0.15, -0.1) is 0 Å². The molecule has 4 aromatic rings. The molecule has 1 heterocycles. The average Bonchev–Trinajstić information content (AvgIpc) is 0.776. The van der Waals surface area contributed by atoms with Gasteiger partial charge in [-0.05, 0) is 99.9 Å². The standard InChI is InChI=1S/C102H176N2O8/c1-9-17-25-33-41-49-57-65-75-105-94-74-73-89(83-95(94)106-76-66-58-50-42-34-26-18-10-2)92-88-93(90-84-96(107-77-67-59-51-43-35-27-19-11-3)100(111-81-71-63-55-47-39-31-23-15-7)97(85-90)108-78-68-60-52-44-36-28-20-12-4)104-102(103-92)91-86-98(109-79-69-61-53-45-37-29-21-13-5)101(112-82-72-64-56-48-40-32-24-16-8)99(87-91)110-80-70-62-54-46-38-30-22-14-6/h73-74,83-88H,9-72,75-82H2,1-8H3. The molecular formula is C102H176N2O8. The van der Waals surface area contributed by atoms with E-state index < -0.39 is 0 Å². The van der Waals surface area contributed by atoms with E-state index in [4.69, 9.17) is 47.9 Å². The Morgan fingerprint density at radius 3 is 0.607 bits per heavy atom. The number of benzene rings is 3. The number of ether oxygens (including phenoxy) is 8. The quantitative estimate of drug-likeness (QED) is 0.0397. The van der Waals surface area contributed by atoms with Gasteiger partial charge in [0.25, 0.3) is 0 Å². The van der Waals surface area contributed by atoms with E-state index in [0.29, 0.717) is 93.2 Å². The van der Waals surface area contributed by atoms with Crippen LogP contribution < -0.4 is 37.9 Å². The van der Waals surface area contributed by atoms with E-state index in [2.05, 4.69) is 104 Å². The second-order valence-corrected chi connectivity index (χ2v) is 33.3. The van der Waals surface area contributed by atoms with Gasteiger partial charge in [-0.3, -0.25) is 0 Å². The number of rotatable bonds is 83. The summed E-state index contributed by atoms with van der Waals surface area (Å²) in [5.41, 5.74) is 4.18. The third-order valence-corrected chi connectivity index (χ3v) is 22.6. The van der Waals surface area contributed by atoms with E-state index in [1.807, 2.05) is 0 Å². The van der Waals surface area contributed by atoms with Gasteiger partial charge in [0.15, 0.2) is 40.3 Å². The molecule has 0 radical (unpaired) electrons. The third-order valence-electron chi connectivity index (χ3n) is 22.6. The minimum Gasteiger partial charge on any atom is -0.490 e. The first-order chi connectivity index (χ1) is 55.4. The highest BCUT2D eigenvalue weighted by atomic mass is 16.6. The SMILES string of the molecule is CCCCCCCCCCOc1ccc(-c2cc(-c3cc(OCCCCCCCCCC)c(OCCCCCCCCCC)c(OCCCCCCCCCC)c3)nc(-c3cc(OCCCCCCCCCC)c(OCCCCCCCCCC)c(OCCCCCCCCCC)c3)n2)cc1OCCCCCCCCCC. The highest BCUT2D eigenvalue weighted by Gasteiger charge is 2.24. The van der Waals surface area contributed by atoms with Gasteiger partial charge in [-0.25, -0.2) is 9.97 Å². The predicted molar refractivity (Wildman–Crippen MR) is 483 cm³/mol. The van der Waals surface area contributed by atoms with E-state index in [1.54, 1.807) is 0 Å². The molecule has 0 aliphatic carbocycles. The van der Waals surface area contributed by atoms with Gasteiger partial charge in [0.2, 0.25) is 11.5 Å². The maximum atomic E-state index is 7.09. The molecule has 1 aromatic heterocycles. The van der Waals surface area contributed by atoms with E-state index in [0.717, 1.165) is 136 Å². The molecule has 0 atom stereocenters. The van der Waals surface area contributed by atoms with Crippen molar-refractivity contribution >= 4 is 0 Å². The first-order valence-corrected chi connectivity index (χ1v) is 48.9. The fourth-order valence-corrected chi connectivity index (χ4v) is 15.2. The van der Waals surface area contributed by atoms with Crippen molar-refractivity contribution in [3.05, 3.63) is 48.5 Å². The number of hydrogen-bond acceptors (Lipinski definition) is 10. The van der Waals surface area contributed by atoms with Crippen molar-refractivity contribution in [2.75, 3.05) is 52.9 Å². The van der Waals surface area contributed by atoms with E-state index in [-0.39, 0.29) is 0 Å². The van der Waals surface area contributed by atoms with Crippen LogP contribution in [0.1, 0.15) is 466 Å². The summed E-state index contributed by atoms with van der Waals surface area (Å²) in [5.74, 6) is 6.36. The zero-order chi connectivity index (χ0) is 79.7. The molecule has 0 aliphatic rings. The lowest BCUT2D eigenvalue weighted by Gasteiger charge is -2.20. The minimum atomic E-state index is 0.574. The molecule has 0 saturated heterocycles. The molecule has 0 spiro atoms. The summed E-state index contributed by atoms with van der Waals surface area (Å²) in [7, 11) is 0. The summed E-state index contributed by atoms with van der Waals surface area (Å²) in [6, 6.07) is 17.3. The highest BCUT2D eigenvalue weighted by molar-refractivity contribution is 5.77. The Bertz CT molecular complexity index is 2550. The Morgan fingerprint density at radius 1 is 0.170 bits per heavy atom. The smallest absolute Gasteiger partial charge is 0.203 e. The van der Waals surface area contributed by atoms with Crippen LogP contribution in [0.2, 0.25) is 0 Å². The minimum absolute atomic E-state index is 0.574. The van der Waals surface area contributed by atoms with Crippen molar-refractivity contribution in [3.63, 3.8) is 0 Å². The Morgan fingerprint density at radius 2 is 0.357 bits per heavy atom. The van der Waals surface area contributed by atoms with Crippen molar-refractivity contribution in [2.24, 2.45) is 0 Å². The predicted octanol–water partition coefficient (Wildman–Crippen LogP) is 33.6. The number of hydrogen-bond donors (Lipinski definition) is 0. The summed E-state index contributed by atoms with van der Waals surface area (Å²) >= 11 is 0. The summed E-state index contributed by atoms with van der Waals surface area (Å²) in [6.07, 6.45) is 78.8. The molecule has 3 aromatic carbocycles. The van der Waals surface area contributed by atoms with Gasteiger partial charge in [0, 0.05) is 16.7 Å². The molecule has 10 heteroatoms. The second kappa shape index (κ2) is 72.6. The summed E-state index contributed by atoms with van der Waals surface area (Å²) < 4.78 is 56.0. The highest BCUT2D eigenvalue weighted by Crippen LogP contribution is 2.46. The zero-order valence-corrected chi connectivity index (χ0v) is 74.7. The number of nitrogens with zero attached hydrogens (tertiary/aromatic N) is 2. The average molecular weight is 1560 g/mol. The molecule has 4 rings (SSSR count). The van der Waals surface area contributed by atoms with Crippen LogP contribution >= 0.6 is 0 Å². The topological polar surface area (TPSA) is 99.6 Å². The van der Waals surface area contributed by atoms with E-state index in [9.17, 15) is 0 Å².